The number of hydrogen-bond acceptors (Lipinski definition) is 1. The summed E-state index contributed by atoms with van der Waals surface area (Å²) in [4.78, 5) is 0.862. The Hall–Kier alpha value is -0.500. The third kappa shape index (κ3) is 1.96. The zero-order valence-electron chi connectivity index (χ0n) is 6.63. The summed E-state index contributed by atoms with van der Waals surface area (Å²) < 4.78 is 12.7. The lowest BCUT2D eigenvalue weighted by Gasteiger charge is -2.07. The van der Waals surface area contributed by atoms with E-state index in [0.717, 1.165) is 10.5 Å². The monoisotopic (exact) mass is 170 g/mol. The Morgan fingerprint density at radius 1 is 1.36 bits per heavy atom. The zero-order chi connectivity index (χ0) is 8.43. The number of halogens is 1. The average Bonchev–Trinajstić information content (AvgIpc) is 1.94. The van der Waals surface area contributed by atoms with Gasteiger partial charge in [0, 0.05) is 4.90 Å². The van der Waals surface area contributed by atoms with Crippen molar-refractivity contribution in [3.05, 3.63) is 29.6 Å². The standard InChI is InChI=1S/C9H11FS/c1-6(2)8-5-7(10)3-4-9(8)11/h3-6,11H,1-2H3. The molecule has 0 atom stereocenters. The van der Waals surface area contributed by atoms with Crippen LogP contribution in [-0.4, -0.2) is 0 Å². The maximum absolute atomic E-state index is 12.7. The number of thiol groups is 1. The van der Waals surface area contributed by atoms with Gasteiger partial charge in [-0.15, -0.1) is 12.6 Å². The molecule has 11 heavy (non-hydrogen) atoms. The van der Waals surface area contributed by atoms with Crippen molar-refractivity contribution in [3.8, 4) is 0 Å². The molecule has 1 aromatic rings. The van der Waals surface area contributed by atoms with Crippen molar-refractivity contribution < 1.29 is 4.39 Å². The van der Waals surface area contributed by atoms with Crippen molar-refractivity contribution in [1.82, 2.24) is 0 Å². The van der Waals surface area contributed by atoms with Crippen LogP contribution in [0.15, 0.2) is 23.1 Å². The van der Waals surface area contributed by atoms with Crippen LogP contribution in [0.5, 0.6) is 0 Å². The molecule has 0 spiro atoms. The Labute approximate surface area is 71.8 Å². The molecule has 0 radical (unpaired) electrons. The fourth-order valence-corrected chi connectivity index (χ4v) is 1.39. The molecule has 0 aliphatic carbocycles. The molecule has 1 rings (SSSR count). The molecule has 0 heterocycles. The van der Waals surface area contributed by atoms with Gasteiger partial charge in [0.25, 0.3) is 0 Å². The Kier molecular flexibility index (Phi) is 2.55. The van der Waals surface area contributed by atoms with Gasteiger partial charge in [-0.05, 0) is 29.7 Å². The van der Waals surface area contributed by atoms with E-state index in [9.17, 15) is 4.39 Å². The van der Waals surface area contributed by atoms with E-state index >= 15 is 0 Å². The van der Waals surface area contributed by atoms with Crippen molar-refractivity contribution in [2.45, 2.75) is 24.7 Å². The van der Waals surface area contributed by atoms with Crippen molar-refractivity contribution in [2.24, 2.45) is 0 Å². The van der Waals surface area contributed by atoms with Crippen molar-refractivity contribution >= 4 is 12.6 Å². The van der Waals surface area contributed by atoms with Crippen LogP contribution in [0.25, 0.3) is 0 Å². The van der Waals surface area contributed by atoms with Gasteiger partial charge < -0.3 is 0 Å². The molecule has 0 saturated heterocycles. The van der Waals surface area contributed by atoms with E-state index in [1.807, 2.05) is 13.8 Å². The molecule has 0 N–H and O–H groups in total. The van der Waals surface area contributed by atoms with E-state index < -0.39 is 0 Å². The molecule has 0 fully saturated rings. The highest BCUT2D eigenvalue weighted by molar-refractivity contribution is 7.80. The molecule has 0 saturated carbocycles. The van der Waals surface area contributed by atoms with Gasteiger partial charge in [-0.25, -0.2) is 4.39 Å². The van der Waals surface area contributed by atoms with E-state index in [2.05, 4.69) is 12.6 Å². The summed E-state index contributed by atoms with van der Waals surface area (Å²) in [6, 6.07) is 4.65. The fraction of sp³-hybridized carbons (Fsp3) is 0.333. The molecule has 0 unspecified atom stereocenters. The fourth-order valence-electron chi connectivity index (χ4n) is 0.988. The van der Waals surface area contributed by atoms with E-state index in [-0.39, 0.29) is 5.82 Å². The van der Waals surface area contributed by atoms with E-state index in [1.54, 1.807) is 6.07 Å². The third-order valence-electron chi connectivity index (χ3n) is 1.61. The second-order valence-electron chi connectivity index (χ2n) is 2.86. The van der Waals surface area contributed by atoms with Gasteiger partial charge in [0.2, 0.25) is 0 Å². The highest BCUT2D eigenvalue weighted by Crippen LogP contribution is 2.22. The summed E-state index contributed by atoms with van der Waals surface area (Å²) in [5, 5.41) is 0. The van der Waals surface area contributed by atoms with Gasteiger partial charge >= 0.3 is 0 Å². The molecule has 0 nitrogen and oxygen atoms in total. The Balaban J connectivity index is 3.13. The second kappa shape index (κ2) is 3.26. The minimum absolute atomic E-state index is 0.188. The summed E-state index contributed by atoms with van der Waals surface area (Å²) in [6.45, 7) is 4.04. The van der Waals surface area contributed by atoms with Crippen LogP contribution in [0.1, 0.15) is 25.3 Å². The third-order valence-corrected chi connectivity index (χ3v) is 2.02. The van der Waals surface area contributed by atoms with Crippen LogP contribution >= 0.6 is 12.6 Å². The van der Waals surface area contributed by atoms with Crippen LogP contribution in [0.4, 0.5) is 4.39 Å². The van der Waals surface area contributed by atoms with Crippen molar-refractivity contribution in [1.29, 1.82) is 0 Å². The molecule has 0 aromatic heterocycles. The summed E-state index contributed by atoms with van der Waals surface area (Å²) in [5.74, 6) is 0.143. The first-order chi connectivity index (χ1) is 5.11. The molecule has 1 aromatic carbocycles. The SMILES string of the molecule is CC(C)c1cc(F)ccc1S. The predicted molar refractivity (Wildman–Crippen MR) is 47.7 cm³/mol. The lowest BCUT2D eigenvalue weighted by molar-refractivity contribution is 0.620. The van der Waals surface area contributed by atoms with Crippen molar-refractivity contribution in [2.75, 3.05) is 0 Å². The minimum Gasteiger partial charge on any atom is -0.207 e. The normalized spacial score (nSPS) is 10.6. The van der Waals surface area contributed by atoms with Crippen LogP contribution in [0.3, 0.4) is 0 Å². The maximum Gasteiger partial charge on any atom is 0.123 e. The first-order valence-corrected chi connectivity index (χ1v) is 4.04. The molecule has 0 bridgehead atoms. The van der Waals surface area contributed by atoms with Gasteiger partial charge in [-0.3, -0.25) is 0 Å². The molecule has 2 heteroatoms. The van der Waals surface area contributed by atoms with Gasteiger partial charge in [0.05, 0.1) is 0 Å². The van der Waals surface area contributed by atoms with E-state index in [0.29, 0.717) is 5.92 Å². The summed E-state index contributed by atoms with van der Waals surface area (Å²) >= 11 is 4.22. The van der Waals surface area contributed by atoms with Gasteiger partial charge in [-0.1, -0.05) is 13.8 Å². The van der Waals surface area contributed by atoms with Crippen LogP contribution in [-0.2, 0) is 0 Å². The Morgan fingerprint density at radius 3 is 2.45 bits per heavy atom. The predicted octanol–water partition coefficient (Wildman–Crippen LogP) is 3.24. The summed E-state index contributed by atoms with van der Waals surface area (Å²) in [5.41, 5.74) is 0.966. The van der Waals surface area contributed by atoms with Gasteiger partial charge in [-0.2, -0.15) is 0 Å². The summed E-state index contributed by atoms with van der Waals surface area (Å²) in [6.07, 6.45) is 0. The number of rotatable bonds is 1. The Bertz CT molecular complexity index is 256. The quantitative estimate of drug-likeness (QED) is 0.614. The number of hydrogen-bond donors (Lipinski definition) is 1. The largest absolute Gasteiger partial charge is 0.207 e. The topological polar surface area (TPSA) is 0 Å². The van der Waals surface area contributed by atoms with E-state index in [1.165, 1.54) is 12.1 Å². The average molecular weight is 170 g/mol. The van der Waals surface area contributed by atoms with E-state index in [4.69, 9.17) is 0 Å². The molecule has 0 aliphatic rings. The smallest absolute Gasteiger partial charge is 0.123 e. The zero-order valence-corrected chi connectivity index (χ0v) is 7.53. The minimum atomic E-state index is -0.188. The lowest BCUT2D eigenvalue weighted by Crippen LogP contribution is -1.90. The van der Waals surface area contributed by atoms with Crippen LogP contribution in [0, 0.1) is 5.82 Å². The highest BCUT2D eigenvalue weighted by Gasteiger charge is 2.04. The molecule has 60 valence electrons. The molecular weight excluding hydrogens is 159 g/mol. The number of benzene rings is 1. The molecule has 0 aliphatic heterocycles. The van der Waals surface area contributed by atoms with Gasteiger partial charge in [0.15, 0.2) is 0 Å². The molecular formula is C9H11FS. The van der Waals surface area contributed by atoms with Gasteiger partial charge in [0.1, 0.15) is 5.82 Å². The molecule has 0 amide bonds. The maximum atomic E-state index is 12.7. The lowest BCUT2D eigenvalue weighted by atomic mass is 10.0. The highest BCUT2D eigenvalue weighted by atomic mass is 32.1. The summed E-state index contributed by atoms with van der Waals surface area (Å²) in [7, 11) is 0. The van der Waals surface area contributed by atoms with Crippen molar-refractivity contribution in [3.63, 3.8) is 0 Å². The Morgan fingerprint density at radius 2 is 2.00 bits per heavy atom. The van der Waals surface area contributed by atoms with Crippen LogP contribution in [0.2, 0.25) is 0 Å². The second-order valence-corrected chi connectivity index (χ2v) is 3.34. The van der Waals surface area contributed by atoms with Crippen LogP contribution < -0.4 is 0 Å². The first-order valence-electron chi connectivity index (χ1n) is 3.59. The first kappa shape index (κ1) is 8.60.